The van der Waals surface area contributed by atoms with Crippen molar-refractivity contribution in [3.63, 3.8) is 0 Å². The van der Waals surface area contributed by atoms with Gasteiger partial charge in [0.25, 0.3) is 0 Å². The molecule has 140 valence electrons. The van der Waals surface area contributed by atoms with Crippen LogP contribution in [-0.2, 0) is 12.8 Å². The molecule has 0 heterocycles. The van der Waals surface area contributed by atoms with Crippen molar-refractivity contribution in [2.45, 2.75) is 104 Å². The lowest BCUT2D eigenvalue weighted by Gasteiger charge is -2.12. The maximum absolute atomic E-state index is 10.3. The summed E-state index contributed by atoms with van der Waals surface area (Å²) >= 11 is 0. The average molecular weight is 343 g/mol. The van der Waals surface area contributed by atoms with Crippen molar-refractivity contribution < 1.29 is 5.11 Å². The van der Waals surface area contributed by atoms with Gasteiger partial charge in [0.2, 0.25) is 0 Å². The molecule has 0 spiro atoms. The van der Waals surface area contributed by atoms with Gasteiger partial charge >= 0.3 is 0 Å². The number of hydrogen-bond donors (Lipinski definition) is 1. The summed E-state index contributed by atoms with van der Waals surface area (Å²) in [6.07, 6.45) is 18.6. The molecule has 3 rings (SSSR count). The van der Waals surface area contributed by atoms with Gasteiger partial charge in [-0.25, -0.2) is 0 Å². The van der Waals surface area contributed by atoms with Gasteiger partial charge in [-0.05, 0) is 92.2 Å². The van der Waals surface area contributed by atoms with Crippen LogP contribution in [0.1, 0.15) is 102 Å². The van der Waals surface area contributed by atoms with Crippen molar-refractivity contribution in [1.82, 2.24) is 0 Å². The summed E-state index contributed by atoms with van der Waals surface area (Å²) in [5.41, 5.74) is 3.87. The maximum atomic E-state index is 10.3. The summed E-state index contributed by atoms with van der Waals surface area (Å²) in [5.74, 6) is 0.526. The molecule has 0 aliphatic heterocycles. The zero-order valence-corrected chi connectivity index (χ0v) is 16.6. The highest BCUT2D eigenvalue weighted by Crippen LogP contribution is 2.52. The van der Waals surface area contributed by atoms with Crippen LogP contribution in [0.3, 0.4) is 0 Å². The molecular formula is C24H38O. The normalized spacial score (nSPS) is 19.8. The Kier molecular flexibility index (Phi) is 6.12. The molecule has 25 heavy (non-hydrogen) atoms. The molecule has 1 aromatic carbocycles. The fraction of sp³-hybridized carbons (Fsp3) is 0.750. The van der Waals surface area contributed by atoms with Gasteiger partial charge in [0, 0.05) is 0 Å². The molecular weight excluding hydrogens is 304 g/mol. The molecule has 2 saturated carbocycles. The maximum Gasteiger partial charge on any atom is 0.119 e. The quantitative estimate of drug-likeness (QED) is 0.398. The molecule has 0 bridgehead atoms. The van der Waals surface area contributed by atoms with E-state index >= 15 is 0 Å². The van der Waals surface area contributed by atoms with Crippen molar-refractivity contribution in [1.29, 1.82) is 0 Å². The highest BCUT2D eigenvalue weighted by atomic mass is 16.3. The number of rotatable bonds is 12. The van der Waals surface area contributed by atoms with Crippen LogP contribution in [0.5, 0.6) is 5.75 Å². The van der Waals surface area contributed by atoms with Crippen LogP contribution in [0.25, 0.3) is 0 Å². The molecule has 1 nitrogen and oxygen atoms in total. The Hall–Kier alpha value is -0.980. The Morgan fingerprint density at radius 1 is 0.880 bits per heavy atom. The zero-order chi connectivity index (χ0) is 17.8. The molecule has 0 aromatic heterocycles. The number of benzene rings is 1. The van der Waals surface area contributed by atoms with E-state index in [0.29, 0.717) is 11.2 Å². The van der Waals surface area contributed by atoms with E-state index in [0.717, 1.165) is 23.8 Å². The van der Waals surface area contributed by atoms with Crippen molar-refractivity contribution in [3.05, 3.63) is 29.3 Å². The van der Waals surface area contributed by atoms with E-state index in [4.69, 9.17) is 0 Å². The Morgan fingerprint density at radius 3 is 2.24 bits per heavy atom. The van der Waals surface area contributed by atoms with Crippen molar-refractivity contribution in [3.8, 4) is 5.75 Å². The van der Waals surface area contributed by atoms with Gasteiger partial charge in [-0.15, -0.1) is 0 Å². The van der Waals surface area contributed by atoms with Crippen LogP contribution < -0.4 is 0 Å². The van der Waals surface area contributed by atoms with E-state index in [1.165, 1.54) is 82.6 Å². The summed E-state index contributed by atoms with van der Waals surface area (Å²) in [6, 6.07) is 6.43. The van der Waals surface area contributed by atoms with Crippen LogP contribution in [0, 0.1) is 10.8 Å². The van der Waals surface area contributed by atoms with Gasteiger partial charge in [-0.3, -0.25) is 0 Å². The van der Waals surface area contributed by atoms with Crippen LogP contribution in [0.15, 0.2) is 18.2 Å². The predicted molar refractivity (Wildman–Crippen MR) is 107 cm³/mol. The van der Waals surface area contributed by atoms with Gasteiger partial charge in [0.05, 0.1) is 0 Å². The van der Waals surface area contributed by atoms with E-state index < -0.39 is 0 Å². The zero-order valence-electron chi connectivity index (χ0n) is 16.6. The van der Waals surface area contributed by atoms with Crippen LogP contribution in [0.2, 0.25) is 0 Å². The summed E-state index contributed by atoms with van der Waals surface area (Å²) in [7, 11) is 0. The van der Waals surface area contributed by atoms with Crippen LogP contribution >= 0.6 is 0 Å². The average Bonchev–Trinajstić information content (AvgIpc) is 3.52. The largest absolute Gasteiger partial charge is 0.508 e. The van der Waals surface area contributed by atoms with E-state index in [9.17, 15) is 5.11 Å². The molecule has 2 aliphatic rings. The molecule has 0 amide bonds. The third-order valence-electron chi connectivity index (χ3n) is 7.11. The highest BCUT2D eigenvalue weighted by molar-refractivity contribution is 5.36. The van der Waals surface area contributed by atoms with Gasteiger partial charge in [0.1, 0.15) is 5.75 Å². The number of phenols is 1. The van der Waals surface area contributed by atoms with Gasteiger partial charge < -0.3 is 5.11 Å². The third-order valence-corrected chi connectivity index (χ3v) is 7.11. The standard InChI is InChI=1S/C24H38O/c1-3-24(17-18-24)14-7-4-5-9-20-11-12-21(22(25)19-20)10-6-8-13-23(2)15-16-23/h11-12,19,25H,3-10,13-18H2,1-2H3. The monoisotopic (exact) mass is 342 g/mol. The molecule has 1 heteroatoms. The smallest absolute Gasteiger partial charge is 0.119 e. The predicted octanol–water partition coefficient (Wildman–Crippen LogP) is 7.20. The minimum atomic E-state index is 0.526. The lowest BCUT2D eigenvalue weighted by molar-refractivity contribution is 0.422. The molecule has 0 unspecified atom stereocenters. The Labute approximate surface area is 155 Å². The summed E-state index contributed by atoms with van der Waals surface area (Å²) in [6.45, 7) is 4.76. The first-order valence-electron chi connectivity index (χ1n) is 10.9. The lowest BCUT2D eigenvalue weighted by atomic mass is 9.94. The minimum Gasteiger partial charge on any atom is -0.508 e. The van der Waals surface area contributed by atoms with Crippen molar-refractivity contribution in [2.75, 3.05) is 0 Å². The second-order valence-electron chi connectivity index (χ2n) is 9.40. The van der Waals surface area contributed by atoms with Crippen molar-refractivity contribution in [2.24, 2.45) is 10.8 Å². The Balaban J connectivity index is 1.31. The van der Waals surface area contributed by atoms with Crippen LogP contribution in [-0.4, -0.2) is 5.11 Å². The number of unbranched alkanes of at least 4 members (excludes halogenated alkanes) is 3. The minimum absolute atomic E-state index is 0.526. The SMILES string of the molecule is CCC1(CCCCCc2ccc(CCCCC3(C)CC3)c(O)c2)CC1. The van der Waals surface area contributed by atoms with Gasteiger partial charge in [0.15, 0.2) is 0 Å². The lowest BCUT2D eigenvalue weighted by Crippen LogP contribution is -1.98. The van der Waals surface area contributed by atoms with E-state index in [1.807, 2.05) is 6.07 Å². The number of hydrogen-bond acceptors (Lipinski definition) is 1. The molecule has 0 atom stereocenters. The molecule has 1 aromatic rings. The van der Waals surface area contributed by atoms with Gasteiger partial charge in [-0.2, -0.15) is 0 Å². The van der Waals surface area contributed by atoms with E-state index in [1.54, 1.807) is 0 Å². The summed E-state index contributed by atoms with van der Waals surface area (Å²) < 4.78 is 0. The topological polar surface area (TPSA) is 20.2 Å². The Bertz CT molecular complexity index is 551. The van der Waals surface area contributed by atoms with Crippen molar-refractivity contribution >= 4 is 0 Å². The molecule has 0 saturated heterocycles. The van der Waals surface area contributed by atoms with E-state index in [-0.39, 0.29) is 0 Å². The fourth-order valence-corrected chi connectivity index (χ4v) is 4.27. The molecule has 0 radical (unpaired) electrons. The third kappa shape index (κ3) is 5.76. The summed E-state index contributed by atoms with van der Waals surface area (Å²) in [5, 5.41) is 10.3. The molecule has 2 fully saturated rings. The van der Waals surface area contributed by atoms with Crippen LogP contribution in [0.4, 0.5) is 0 Å². The summed E-state index contributed by atoms with van der Waals surface area (Å²) in [4.78, 5) is 0. The first-order chi connectivity index (χ1) is 12.0. The Morgan fingerprint density at radius 2 is 1.60 bits per heavy atom. The molecule has 2 aliphatic carbocycles. The number of aromatic hydroxyl groups is 1. The molecule has 1 N–H and O–H groups in total. The first kappa shape index (κ1) is 18.8. The highest BCUT2D eigenvalue weighted by Gasteiger charge is 2.39. The first-order valence-corrected chi connectivity index (χ1v) is 10.9. The number of phenolic OH excluding ortho intramolecular Hbond substituents is 1. The van der Waals surface area contributed by atoms with Gasteiger partial charge in [-0.1, -0.05) is 51.7 Å². The van der Waals surface area contributed by atoms with E-state index in [2.05, 4.69) is 26.0 Å². The second-order valence-corrected chi connectivity index (χ2v) is 9.40. The fourth-order valence-electron chi connectivity index (χ4n) is 4.27. The second kappa shape index (κ2) is 8.14. The number of aryl methyl sites for hydroxylation is 2.